The Bertz CT molecular complexity index is 192. The van der Waals surface area contributed by atoms with E-state index in [-0.39, 0.29) is 0 Å². The first-order valence-corrected chi connectivity index (χ1v) is 5.39. The molecule has 1 fully saturated rings. The SMILES string of the molecule is C#CCCC1(O)CCCCC1CC. The van der Waals surface area contributed by atoms with Gasteiger partial charge in [-0.2, -0.15) is 0 Å². The first-order valence-electron chi connectivity index (χ1n) is 5.39. The molecular weight excluding hydrogens is 160 g/mol. The van der Waals surface area contributed by atoms with Crippen molar-refractivity contribution in [1.29, 1.82) is 0 Å². The average molecular weight is 180 g/mol. The van der Waals surface area contributed by atoms with E-state index in [0.717, 1.165) is 25.7 Å². The van der Waals surface area contributed by atoms with Gasteiger partial charge in [-0.3, -0.25) is 0 Å². The summed E-state index contributed by atoms with van der Waals surface area (Å²) in [4.78, 5) is 0. The minimum absolute atomic E-state index is 0.445. The van der Waals surface area contributed by atoms with Crippen molar-refractivity contribution in [1.82, 2.24) is 0 Å². The summed E-state index contributed by atoms with van der Waals surface area (Å²) in [6, 6.07) is 0. The molecule has 0 amide bonds. The molecule has 0 aromatic rings. The Morgan fingerprint density at radius 1 is 1.54 bits per heavy atom. The molecule has 1 saturated carbocycles. The van der Waals surface area contributed by atoms with Crippen LogP contribution in [0.15, 0.2) is 0 Å². The summed E-state index contributed by atoms with van der Waals surface area (Å²) in [5.74, 6) is 3.11. The summed E-state index contributed by atoms with van der Waals surface area (Å²) < 4.78 is 0. The molecule has 1 heteroatoms. The highest BCUT2D eigenvalue weighted by atomic mass is 16.3. The first-order chi connectivity index (χ1) is 6.23. The van der Waals surface area contributed by atoms with E-state index in [1.54, 1.807) is 0 Å². The van der Waals surface area contributed by atoms with Crippen LogP contribution >= 0.6 is 0 Å². The van der Waals surface area contributed by atoms with Crippen LogP contribution in [-0.2, 0) is 0 Å². The van der Waals surface area contributed by atoms with Gasteiger partial charge in [0, 0.05) is 6.42 Å². The molecule has 2 unspecified atom stereocenters. The minimum atomic E-state index is -0.445. The smallest absolute Gasteiger partial charge is 0.0684 e. The van der Waals surface area contributed by atoms with Gasteiger partial charge >= 0.3 is 0 Å². The summed E-state index contributed by atoms with van der Waals surface area (Å²) in [5, 5.41) is 10.4. The van der Waals surface area contributed by atoms with Crippen LogP contribution in [-0.4, -0.2) is 10.7 Å². The van der Waals surface area contributed by atoms with Crippen LogP contribution in [0.2, 0.25) is 0 Å². The Morgan fingerprint density at radius 3 is 2.92 bits per heavy atom. The zero-order valence-electron chi connectivity index (χ0n) is 8.55. The number of hydrogen-bond donors (Lipinski definition) is 1. The molecule has 0 radical (unpaired) electrons. The third-order valence-corrected chi connectivity index (χ3v) is 3.37. The Labute approximate surface area is 81.5 Å². The highest BCUT2D eigenvalue weighted by molar-refractivity contribution is 4.94. The van der Waals surface area contributed by atoms with Crippen molar-refractivity contribution in [2.45, 2.75) is 57.5 Å². The molecule has 0 spiro atoms. The van der Waals surface area contributed by atoms with Gasteiger partial charge in [0.2, 0.25) is 0 Å². The van der Waals surface area contributed by atoms with Crippen molar-refractivity contribution in [2.24, 2.45) is 5.92 Å². The van der Waals surface area contributed by atoms with E-state index in [4.69, 9.17) is 6.42 Å². The fourth-order valence-corrected chi connectivity index (χ4v) is 2.50. The Balaban J connectivity index is 2.55. The number of rotatable bonds is 3. The normalized spacial score (nSPS) is 34.1. The fourth-order valence-electron chi connectivity index (χ4n) is 2.50. The predicted molar refractivity (Wildman–Crippen MR) is 55.3 cm³/mol. The minimum Gasteiger partial charge on any atom is -0.390 e. The van der Waals surface area contributed by atoms with Crippen molar-refractivity contribution >= 4 is 0 Å². The van der Waals surface area contributed by atoms with Crippen molar-refractivity contribution < 1.29 is 5.11 Å². The van der Waals surface area contributed by atoms with Gasteiger partial charge in [0.15, 0.2) is 0 Å². The molecule has 0 heterocycles. The largest absolute Gasteiger partial charge is 0.390 e. The van der Waals surface area contributed by atoms with Crippen molar-refractivity contribution in [3.63, 3.8) is 0 Å². The van der Waals surface area contributed by atoms with Crippen LogP contribution in [0, 0.1) is 18.3 Å². The van der Waals surface area contributed by atoms with E-state index in [1.807, 2.05) is 0 Å². The third-order valence-electron chi connectivity index (χ3n) is 3.37. The Kier molecular flexibility index (Phi) is 3.81. The molecule has 1 aliphatic rings. The van der Waals surface area contributed by atoms with Gasteiger partial charge in [-0.15, -0.1) is 12.3 Å². The number of terminal acetylenes is 1. The van der Waals surface area contributed by atoms with Gasteiger partial charge in [-0.25, -0.2) is 0 Å². The fraction of sp³-hybridized carbons (Fsp3) is 0.833. The second-order valence-electron chi connectivity index (χ2n) is 4.16. The van der Waals surface area contributed by atoms with E-state index < -0.39 is 5.60 Å². The molecule has 0 saturated heterocycles. The van der Waals surface area contributed by atoms with Crippen molar-refractivity contribution in [2.75, 3.05) is 0 Å². The number of aliphatic hydroxyl groups is 1. The second-order valence-corrected chi connectivity index (χ2v) is 4.16. The van der Waals surface area contributed by atoms with Crippen molar-refractivity contribution in [3.8, 4) is 12.3 Å². The monoisotopic (exact) mass is 180 g/mol. The molecule has 1 N–H and O–H groups in total. The average Bonchev–Trinajstić information content (AvgIpc) is 2.16. The highest BCUT2D eigenvalue weighted by Crippen LogP contribution is 2.38. The van der Waals surface area contributed by atoms with Gasteiger partial charge in [-0.1, -0.05) is 26.2 Å². The summed E-state index contributed by atoms with van der Waals surface area (Å²) in [7, 11) is 0. The van der Waals surface area contributed by atoms with Crippen LogP contribution < -0.4 is 0 Å². The summed E-state index contributed by atoms with van der Waals surface area (Å²) in [5.41, 5.74) is -0.445. The lowest BCUT2D eigenvalue weighted by Crippen LogP contribution is -2.40. The van der Waals surface area contributed by atoms with E-state index in [2.05, 4.69) is 12.8 Å². The standard InChI is InChI=1S/C12H20O/c1-3-5-9-12(13)10-7-6-8-11(12)4-2/h1,11,13H,4-10H2,2H3. The summed E-state index contributed by atoms with van der Waals surface area (Å²) in [6.07, 6.45) is 12.4. The molecule has 1 nitrogen and oxygen atoms in total. The van der Waals surface area contributed by atoms with Gasteiger partial charge < -0.3 is 5.11 Å². The summed E-state index contributed by atoms with van der Waals surface area (Å²) in [6.45, 7) is 2.16. The molecule has 0 aromatic carbocycles. The van der Waals surface area contributed by atoms with E-state index in [1.165, 1.54) is 12.8 Å². The lowest BCUT2D eigenvalue weighted by molar-refractivity contribution is -0.0550. The second kappa shape index (κ2) is 4.67. The molecule has 1 rings (SSSR count). The molecule has 74 valence electrons. The highest BCUT2D eigenvalue weighted by Gasteiger charge is 2.36. The van der Waals surface area contributed by atoms with E-state index in [9.17, 15) is 5.11 Å². The van der Waals surface area contributed by atoms with Crippen LogP contribution in [0.25, 0.3) is 0 Å². The van der Waals surface area contributed by atoms with E-state index >= 15 is 0 Å². The lowest BCUT2D eigenvalue weighted by atomic mass is 9.72. The first kappa shape index (κ1) is 10.6. The molecule has 1 aliphatic carbocycles. The third kappa shape index (κ3) is 2.48. The van der Waals surface area contributed by atoms with Crippen LogP contribution in [0.1, 0.15) is 51.9 Å². The summed E-state index contributed by atoms with van der Waals surface area (Å²) >= 11 is 0. The Hall–Kier alpha value is -0.480. The van der Waals surface area contributed by atoms with E-state index in [0.29, 0.717) is 12.3 Å². The van der Waals surface area contributed by atoms with Crippen LogP contribution in [0.5, 0.6) is 0 Å². The maximum absolute atomic E-state index is 10.4. The predicted octanol–water partition coefficient (Wildman–Crippen LogP) is 2.73. The molecule has 2 atom stereocenters. The van der Waals surface area contributed by atoms with Gasteiger partial charge in [0.1, 0.15) is 0 Å². The maximum Gasteiger partial charge on any atom is 0.0684 e. The van der Waals surface area contributed by atoms with Gasteiger partial charge in [0.25, 0.3) is 0 Å². The maximum atomic E-state index is 10.4. The van der Waals surface area contributed by atoms with Crippen LogP contribution in [0.4, 0.5) is 0 Å². The Morgan fingerprint density at radius 2 is 2.31 bits per heavy atom. The van der Waals surface area contributed by atoms with Crippen molar-refractivity contribution in [3.05, 3.63) is 0 Å². The topological polar surface area (TPSA) is 20.2 Å². The number of hydrogen-bond acceptors (Lipinski definition) is 1. The van der Waals surface area contributed by atoms with Gasteiger partial charge in [0.05, 0.1) is 5.60 Å². The molecule has 0 aromatic heterocycles. The zero-order valence-corrected chi connectivity index (χ0v) is 8.55. The molecule has 13 heavy (non-hydrogen) atoms. The molecule has 0 bridgehead atoms. The zero-order chi connectivity index (χ0) is 9.73. The van der Waals surface area contributed by atoms with Gasteiger partial charge in [-0.05, 0) is 25.2 Å². The van der Waals surface area contributed by atoms with Crippen LogP contribution in [0.3, 0.4) is 0 Å². The molecule has 0 aliphatic heterocycles. The quantitative estimate of drug-likeness (QED) is 0.662. The lowest BCUT2D eigenvalue weighted by Gasteiger charge is -2.39. The molecular formula is C12H20O.